The highest BCUT2D eigenvalue weighted by Gasteiger charge is 2.20. The van der Waals surface area contributed by atoms with Crippen LogP contribution < -0.4 is 10.5 Å². The average Bonchev–Trinajstić information content (AvgIpc) is 2.33. The third-order valence-electron chi connectivity index (χ3n) is 3.61. The maximum atomic E-state index is 12.4. The fourth-order valence-corrected chi connectivity index (χ4v) is 3.30. The number of nitrogens with two attached hydrogens (primary N) is 1. The minimum Gasteiger partial charge on any atom is -0.398 e. The molecule has 0 heterocycles. The van der Waals surface area contributed by atoms with E-state index in [9.17, 15) is 8.42 Å². The van der Waals surface area contributed by atoms with E-state index in [0.717, 1.165) is 5.56 Å². The van der Waals surface area contributed by atoms with E-state index < -0.39 is 10.0 Å². The number of likely N-dealkylation sites (N-methyl/N-ethyl adjacent to an activating group) is 1. The third kappa shape index (κ3) is 3.94. The lowest BCUT2D eigenvalue weighted by molar-refractivity contribution is 0.278. The molecule has 0 unspecified atom stereocenters. The van der Waals surface area contributed by atoms with Crippen LogP contribution in [0.15, 0.2) is 17.0 Å². The molecular formula is C14H25N3O2S. The van der Waals surface area contributed by atoms with Crippen molar-refractivity contribution in [1.29, 1.82) is 0 Å². The van der Waals surface area contributed by atoms with Crippen LogP contribution in [0.25, 0.3) is 0 Å². The standard InChI is InChI=1S/C14H25N3O2S/c1-10(2)17(5)9-8-16-20(18,19)14-12(4)11(3)6-7-13(14)15/h6-7,10,16H,8-9,15H2,1-5H3. The topological polar surface area (TPSA) is 75.4 Å². The molecule has 1 aromatic rings. The van der Waals surface area contributed by atoms with Gasteiger partial charge in [0.05, 0.1) is 5.69 Å². The molecule has 0 fully saturated rings. The number of aryl methyl sites for hydroxylation is 1. The molecule has 0 bridgehead atoms. The minimum absolute atomic E-state index is 0.199. The van der Waals surface area contributed by atoms with E-state index in [4.69, 9.17) is 5.73 Å². The van der Waals surface area contributed by atoms with Crippen LogP contribution in [0.2, 0.25) is 0 Å². The molecule has 0 saturated carbocycles. The van der Waals surface area contributed by atoms with Gasteiger partial charge in [0.25, 0.3) is 0 Å². The highest BCUT2D eigenvalue weighted by Crippen LogP contribution is 2.24. The summed E-state index contributed by atoms with van der Waals surface area (Å²) in [5.74, 6) is 0. The van der Waals surface area contributed by atoms with Crippen molar-refractivity contribution in [3.63, 3.8) is 0 Å². The Bertz CT molecular complexity index is 568. The molecular weight excluding hydrogens is 274 g/mol. The van der Waals surface area contributed by atoms with Crippen LogP contribution in [0.3, 0.4) is 0 Å². The first-order valence-corrected chi connectivity index (χ1v) is 8.20. The van der Waals surface area contributed by atoms with E-state index in [1.807, 2.05) is 20.0 Å². The van der Waals surface area contributed by atoms with Crippen molar-refractivity contribution >= 4 is 15.7 Å². The number of sulfonamides is 1. The number of benzene rings is 1. The van der Waals surface area contributed by atoms with Crippen LogP contribution in [0.5, 0.6) is 0 Å². The number of nitrogens with zero attached hydrogens (tertiary/aromatic N) is 1. The zero-order chi connectivity index (χ0) is 15.5. The molecule has 0 amide bonds. The van der Waals surface area contributed by atoms with Gasteiger partial charge < -0.3 is 10.6 Å². The Morgan fingerprint density at radius 1 is 1.30 bits per heavy atom. The highest BCUT2D eigenvalue weighted by molar-refractivity contribution is 7.89. The smallest absolute Gasteiger partial charge is 0.242 e. The molecule has 0 aliphatic heterocycles. The Labute approximate surface area is 122 Å². The van der Waals surface area contributed by atoms with E-state index in [1.165, 1.54) is 0 Å². The van der Waals surface area contributed by atoms with E-state index >= 15 is 0 Å². The van der Waals surface area contributed by atoms with Crippen LogP contribution in [-0.4, -0.2) is 39.5 Å². The first-order valence-electron chi connectivity index (χ1n) is 6.72. The Kier molecular flexibility index (Phi) is 5.56. The second-order valence-electron chi connectivity index (χ2n) is 5.40. The summed E-state index contributed by atoms with van der Waals surface area (Å²) < 4.78 is 27.4. The predicted molar refractivity (Wildman–Crippen MR) is 83.3 cm³/mol. The summed E-state index contributed by atoms with van der Waals surface area (Å²) in [7, 11) is -1.60. The average molecular weight is 299 g/mol. The normalized spacial score (nSPS) is 12.3. The Hall–Kier alpha value is -1.11. The first kappa shape index (κ1) is 16.9. The summed E-state index contributed by atoms with van der Waals surface area (Å²) in [6.07, 6.45) is 0. The molecule has 20 heavy (non-hydrogen) atoms. The fourth-order valence-electron chi connectivity index (χ4n) is 1.85. The summed E-state index contributed by atoms with van der Waals surface area (Å²) in [4.78, 5) is 2.28. The molecule has 0 aliphatic rings. The number of rotatable bonds is 6. The van der Waals surface area contributed by atoms with Crippen molar-refractivity contribution in [1.82, 2.24) is 9.62 Å². The first-order chi connectivity index (χ1) is 9.16. The number of anilines is 1. The number of nitrogens with one attached hydrogen (secondary N) is 1. The van der Waals surface area contributed by atoms with Crippen molar-refractivity contribution in [2.45, 2.75) is 38.6 Å². The third-order valence-corrected chi connectivity index (χ3v) is 5.28. The van der Waals surface area contributed by atoms with Gasteiger partial charge in [-0.2, -0.15) is 0 Å². The Balaban J connectivity index is 2.88. The molecule has 114 valence electrons. The molecule has 5 nitrogen and oxygen atoms in total. The van der Waals surface area contributed by atoms with Crippen molar-refractivity contribution in [2.75, 3.05) is 25.9 Å². The zero-order valence-electron chi connectivity index (χ0n) is 12.9. The molecule has 0 aliphatic carbocycles. The monoisotopic (exact) mass is 299 g/mol. The molecule has 6 heteroatoms. The molecule has 0 atom stereocenters. The molecule has 3 N–H and O–H groups in total. The number of nitrogen functional groups attached to an aromatic ring is 1. The molecule has 1 rings (SSSR count). The van der Waals surface area contributed by atoms with Crippen molar-refractivity contribution in [2.24, 2.45) is 0 Å². The quantitative estimate of drug-likeness (QED) is 0.781. The van der Waals surface area contributed by atoms with Gasteiger partial charge in [-0.25, -0.2) is 13.1 Å². The van der Waals surface area contributed by atoms with Gasteiger partial charge in [-0.15, -0.1) is 0 Å². The lowest BCUT2D eigenvalue weighted by atomic mass is 10.1. The molecule has 0 spiro atoms. The van der Waals surface area contributed by atoms with Gasteiger partial charge >= 0.3 is 0 Å². The van der Waals surface area contributed by atoms with Crippen molar-refractivity contribution < 1.29 is 8.42 Å². The van der Waals surface area contributed by atoms with Crippen LogP contribution in [0, 0.1) is 13.8 Å². The highest BCUT2D eigenvalue weighted by atomic mass is 32.2. The van der Waals surface area contributed by atoms with Gasteiger partial charge in [0.2, 0.25) is 10.0 Å². The van der Waals surface area contributed by atoms with Crippen LogP contribution >= 0.6 is 0 Å². The summed E-state index contributed by atoms with van der Waals surface area (Å²) in [5, 5.41) is 0. The molecule has 0 saturated heterocycles. The van der Waals surface area contributed by atoms with Crippen molar-refractivity contribution in [3.8, 4) is 0 Å². The second kappa shape index (κ2) is 6.56. The Morgan fingerprint density at radius 3 is 2.45 bits per heavy atom. The van der Waals surface area contributed by atoms with E-state index in [1.54, 1.807) is 13.0 Å². The maximum Gasteiger partial charge on any atom is 0.242 e. The lowest BCUT2D eigenvalue weighted by Crippen LogP contribution is -2.36. The van der Waals surface area contributed by atoms with Crippen molar-refractivity contribution in [3.05, 3.63) is 23.3 Å². The van der Waals surface area contributed by atoms with Gasteiger partial charge in [0.1, 0.15) is 4.90 Å². The van der Waals surface area contributed by atoms with Gasteiger partial charge in [-0.05, 0) is 51.9 Å². The van der Waals surface area contributed by atoms with Crippen LogP contribution in [0.4, 0.5) is 5.69 Å². The number of hydrogen-bond acceptors (Lipinski definition) is 4. The summed E-state index contributed by atoms with van der Waals surface area (Å²) in [6.45, 7) is 8.81. The van der Waals surface area contributed by atoms with Crippen LogP contribution in [-0.2, 0) is 10.0 Å². The zero-order valence-corrected chi connectivity index (χ0v) is 13.7. The molecule has 1 aromatic carbocycles. The SMILES string of the molecule is Cc1ccc(N)c(S(=O)(=O)NCCN(C)C(C)C)c1C. The summed E-state index contributed by atoms with van der Waals surface area (Å²) in [6, 6.07) is 3.85. The minimum atomic E-state index is -3.57. The molecule has 0 radical (unpaired) electrons. The summed E-state index contributed by atoms with van der Waals surface area (Å²) in [5.41, 5.74) is 7.74. The number of hydrogen-bond donors (Lipinski definition) is 2. The predicted octanol–water partition coefficient (Wildman–Crippen LogP) is 1.50. The Morgan fingerprint density at radius 2 is 1.90 bits per heavy atom. The van der Waals surface area contributed by atoms with Crippen LogP contribution in [0.1, 0.15) is 25.0 Å². The maximum absolute atomic E-state index is 12.4. The van der Waals surface area contributed by atoms with Gasteiger partial charge in [0, 0.05) is 19.1 Å². The summed E-state index contributed by atoms with van der Waals surface area (Å²) >= 11 is 0. The van der Waals surface area contributed by atoms with E-state index in [2.05, 4.69) is 23.5 Å². The second-order valence-corrected chi connectivity index (χ2v) is 7.10. The molecule has 0 aromatic heterocycles. The van der Waals surface area contributed by atoms with E-state index in [-0.39, 0.29) is 10.6 Å². The van der Waals surface area contributed by atoms with Gasteiger partial charge in [0.15, 0.2) is 0 Å². The van der Waals surface area contributed by atoms with E-state index in [0.29, 0.717) is 24.7 Å². The lowest BCUT2D eigenvalue weighted by Gasteiger charge is -2.21. The van der Waals surface area contributed by atoms with Gasteiger partial charge in [-0.3, -0.25) is 0 Å². The largest absolute Gasteiger partial charge is 0.398 e. The fraction of sp³-hybridized carbons (Fsp3) is 0.571. The van der Waals surface area contributed by atoms with Gasteiger partial charge in [-0.1, -0.05) is 6.07 Å².